The zero-order valence-electron chi connectivity index (χ0n) is 11.6. The second kappa shape index (κ2) is 6.06. The third-order valence-electron chi connectivity index (χ3n) is 3.58. The molecule has 0 radical (unpaired) electrons. The van der Waals surface area contributed by atoms with Gasteiger partial charge >= 0.3 is 0 Å². The summed E-state index contributed by atoms with van der Waals surface area (Å²) in [6.45, 7) is 4.09. The van der Waals surface area contributed by atoms with Gasteiger partial charge in [-0.15, -0.1) is 0 Å². The molecule has 0 saturated carbocycles. The van der Waals surface area contributed by atoms with Crippen LogP contribution in [0.15, 0.2) is 18.2 Å². The quantitative estimate of drug-likeness (QED) is 0.909. The van der Waals surface area contributed by atoms with E-state index < -0.39 is 0 Å². The van der Waals surface area contributed by atoms with E-state index in [4.69, 9.17) is 4.74 Å². The third-order valence-corrected chi connectivity index (χ3v) is 3.58. The summed E-state index contributed by atoms with van der Waals surface area (Å²) in [5.41, 5.74) is 1.34. The maximum atomic E-state index is 12.3. The zero-order chi connectivity index (χ0) is 13.8. The molecule has 0 aromatic heterocycles. The number of carbonyl (C=O) groups is 1. The number of aryl methyl sites for hydroxylation is 1. The Bertz CT molecular complexity index is 453. The summed E-state index contributed by atoms with van der Waals surface area (Å²) >= 11 is 0. The molecule has 1 fully saturated rings. The molecule has 104 valence electrons. The number of carbonyl (C=O) groups excluding carboxylic acids is 1. The highest BCUT2D eigenvalue weighted by molar-refractivity contribution is 5.94. The van der Waals surface area contributed by atoms with Gasteiger partial charge in [0.15, 0.2) is 0 Å². The second-order valence-corrected chi connectivity index (χ2v) is 5.27. The van der Waals surface area contributed by atoms with Gasteiger partial charge < -0.3 is 14.7 Å². The Hall–Kier alpha value is -1.55. The van der Waals surface area contributed by atoms with Crippen LogP contribution >= 0.6 is 0 Å². The Morgan fingerprint density at radius 1 is 1.53 bits per heavy atom. The molecule has 1 atom stereocenters. The number of hydrogen-bond acceptors (Lipinski definition) is 3. The Morgan fingerprint density at radius 2 is 2.32 bits per heavy atom. The van der Waals surface area contributed by atoms with Crippen molar-refractivity contribution in [3.05, 3.63) is 29.3 Å². The summed E-state index contributed by atoms with van der Waals surface area (Å²) < 4.78 is 5.43. The molecule has 4 nitrogen and oxygen atoms in total. The number of phenolic OH excluding ortho intramolecular Hbond substituents is 1. The van der Waals surface area contributed by atoms with Crippen LogP contribution in [-0.4, -0.2) is 42.7 Å². The normalized spacial score (nSPS) is 19.2. The number of nitrogens with zero attached hydrogens (tertiary/aromatic N) is 1. The van der Waals surface area contributed by atoms with Gasteiger partial charge in [0.25, 0.3) is 5.91 Å². The fourth-order valence-electron chi connectivity index (χ4n) is 2.43. The van der Waals surface area contributed by atoms with Crippen LogP contribution in [-0.2, 0) is 4.74 Å². The van der Waals surface area contributed by atoms with E-state index in [0.29, 0.717) is 11.5 Å². The Kier molecular flexibility index (Phi) is 4.43. The van der Waals surface area contributed by atoms with Gasteiger partial charge in [0.1, 0.15) is 5.75 Å². The maximum absolute atomic E-state index is 12.3. The molecule has 2 rings (SSSR count). The monoisotopic (exact) mass is 263 g/mol. The van der Waals surface area contributed by atoms with Crippen LogP contribution < -0.4 is 0 Å². The third kappa shape index (κ3) is 3.47. The van der Waals surface area contributed by atoms with E-state index in [0.717, 1.165) is 38.2 Å². The van der Waals surface area contributed by atoms with Crippen LogP contribution in [0.25, 0.3) is 0 Å². The Labute approximate surface area is 114 Å². The minimum Gasteiger partial charge on any atom is -0.508 e. The van der Waals surface area contributed by atoms with Gasteiger partial charge in [0.05, 0.1) is 6.61 Å². The molecule has 1 N–H and O–H groups in total. The van der Waals surface area contributed by atoms with E-state index in [1.165, 1.54) is 0 Å². The number of ether oxygens (including phenoxy) is 1. The predicted octanol–water partition coefficient (Wildman–Crippen LogP) is 2.20. The smallest absolute Gasteiger partial charge is 0.253 e. The molecule has 1 unspecified atom stereocenters. The summed E-state index contributed by atoms with van der Waals surface area (Å²) in [4.78, 5) is 14.0. The highest BCUT2D eigenvalue weighted by atomic mass is 16.5. The van der Waals surface area contributed by atoms with Crippen LogP contribution in [0.4, 0.5) is 0 Å². The summed E-state index contributed by atoms with van der Waals surface area (Å²) in [7, 11) is 1.82. The molecule has 1 aromatic rings. The van der Waals surface area contributed by atoms with Crippen molar-refractivity contribution in [3.8, 4) is 5.75 Å². The van der Waals surface area contributed by atoms with Gasteiger partial charge in [-0.25, -0.2) is 0 Å². The molecule has 0 aliphatic carbocycles. The maximum Gasteiger partial charge on any atom is 0.253 e. The molecule has 19 heavy (non-hydrogen) atoms. The van der Waals surface area contributed by atoms with E-state index in [1.54, 1.807) is 30.0 Å². The average molecular weight is 263 g/mol. The first-order chi connectivity index (χ1) is 9.08. The number of rotatable bonds is 3. The molecule has 1 aliphatic heterocycles. The Morgan fingerprint density at radius 3 is 2.95 bits per heavy atom. The van der Waals surface area contributed by atoms with Crippen LogP contribution in [0.1, 0.15) is 28.8 Å². The highest BCUT2D eigenvalue weighted by Crippen LogP contribution is 2.19. The molecule has 1 saturated heterocycles. The number of aromatic hydroxyl groups is 1. The minimum absolute atomic E-state index is 0.00586. The van der Waals surface area contributed by atoms with Crippen LogP contribution in [0.5, 0.6) is 5.75 Å². The van der Waals surface area contributed by atoms with Crippen molar-refractivity contribution in [2.24, 2.45) is 5.92 Å². The summed E-state index contributed by atoms with van der Waals surface area (Å²) in [5, 5.41) is 9.48. The van der Waals surface area contributed by atoms with Gasteiger partial charge in [-0.05, 0) is 49.4 Å². The van der Waals surface area contributed by atoms with Crippen molar-refractivity contribution in [1.29, 1.82) is 0 Å². The van der Waals surface area contributed by atoms with Gasteiger partial charge in [0, 0.05) is 25.8 Å². The van der Waals surface area contributed by atoms with Crippen molar-refractivity contribution in [1.82, 2.24) is 4.90 Å². The standard InChI is InChI=1S/C15H21NO3/c1-11-8-13(5-6-14(11)17)15(18)16(2)9-12-4-3-7-19-10-12/h5-6,8,12,17H,3-4,7,9-10H2,1-2H3. The van der Waals surface area contributed by atoms with E-state index in [-0.39, 0.29) is 11.7 Å². The van der Waals surface area contributed by atoms with Crippen molar-refractivity contribution < 1.29 is 14.6 Å². The lowest BCUT2D eigenvalue weighted by Gasteiger charge is -2.27. The number of amides is 1. The van der Waals surface area contributed by atoms with Crippen LogP contribution in [0.2, 0.25) is 0 Å². The molecule has 0 spiro atoms. The first-order valence-electron chi connectivity index (χ1n) is 6.70. The van der Waals surface area contributed by atoms with Crippen LogP contribution in [0, 0.1) is 12.8 Å². The van der Waals surface area contributed by atoms with E-state index in [2.05, 4.69) is 0 Å². The number of benzene rings is 1. The fraction of sp³-hybridized carbons (Fsp3) is 0.533. The molecule has 1 aromatic carbocycles. The minimum atomic E-state index is -0.00586. The fourth-order valence-corrected chi connectivity index (χ4v) is 2.43. The lowest BCUT2D eigenvalue weighted by Crippen LogP contribution is -2.35. The van der Waals surface area contributed by atoms with E-state index in [1.807, 2.05) is 7.05 Å². The first kappa shape index (κ1) is 13.9. The molecule has 0 bridgehead atoms. The molecule has 1 heterocycles. The van der Waals surface area contributed by atoms with Crippen molar-refractivity contribution in [2.45, 2.75) is 19.8 Å². The van der Waals surface area contributed by atoms with Crippen LogP contribution in [0.3, 0.4) is 0 Å². The summed E-state index contributed by atoms with van der Waals surface area (Å²) in [6, 6.07) is 4.96. The molecule has 4 heteroatoms. The Balaban J connectivity index is 1.99. The van der Waals surface area contributed by atoms with Crippen molar-refractivity contribution in [3.63, 3.8) is 0 Å². The summed E-state index contributed by atoms with van der Waals surface area (Å²) in [5.74, 6) is 0.648. The molecule has 1 aliphatic rings. The van der Waals surface area contributed by atoms with Gasteiger partial charge in [-0.1, -0.05) is 0 Å². The van der Waals surface area contributed by atoms with Gasteiger partial charge in [0.2, 0.25) is 0 Å². The highest BCUT2D eigenvalue weighted by Gasteiger charge is 2.19. The topological polar surface area (TPSA) is 49.8 Å². The first-order valence-corrected chi connectivity index (χ1v) is 6.70. The van der Waals surface area contributed by atoms with Gasteiger partial charge in [-0.2, -0.15) is 0 Å². The van der Waals surface area contributed by atoms with E-state index >= 15 is 0 Å². The lowest BCUT2D eigenvalue weighted by atomic mass is 10.0. The molecular weight excluding hydrogens is 242 g/mol. The lowest BCUT2D eigenvalue weighted by molar-refractivity contribution is 0.0388. The largest absolute Gasteiger partial charge is 0.508 e. The SMILES string of the molecule is Cc1cc(C(=O)N(C)CC2CCCOC2)ccc1O. The zero-order valence-corrected chi connectivity index (χ0v) is 11.6. The number of phenols is 1. The van der Waals surface area contributed by atoms with Gasteiger partial charge in [-0.3, -0.25) is 4.79 Å². The second-order valence-electron chi connectivity index (χ2n) is 5.27. The number of hydrogen-bond donors (Lipinski definition) is 1. The van der Waals surface area contributed by atoms with Crippen molar-refractivity contribution >= 4 is 5.91 Å². The van der Waals surface area contributed by atoms with E-state index in [9.17, 15) is 9.90 Å². The predicted molar refractivity (Wildman–Crippen MR) is 73.3 cm³/mol. The average Bonchev–Trinajstić information content (AvgIpc) is 2.42. The van der Waals surface area contributed by atoms with Crippen molar-refractivity contribution in [2.75, 3.05) is 26.8 Å². The summed E-state index contributed by atoms with van der Waals surface area (Å²) in [6.07, 6.45) is 2.19. The molecular formula is C15H21NO3. The molecule has 1 amide bonds.